The summed E-state index contributed by atoms with van der Waals surface area (Å²) in [5.41, 5.74) is 1.81. The predicted molar refractivity (Wildman–Crippen MR) is 112 cm³/mol. The summed E-state index contributed by atoms with van der Waals surface area (Å²) in [6.45, 7) is 2.26. The zero-order chi connectivity index (χ0) is 20.6. The van der Waals surface area contributed by atoms with Crippen LogP contribution < -0.4 is 0 Å². The summed E-state index contributed by atoms with van der Waals surface area (Å²) in [5.74, 6) is 1.67. The van der Waals surface area contributed by atoms with Crippen molar-refractivity contribution in [3.8, 4) is 12.3 Å². The number of nitrogens with zero attached hydrogens (tertiary/aromatic N) is 2. The third-order valence-electron chi connectivity index (χ3n) is 5.31. The lowest BCUT2D eigenvalue weighted by Crippen LogP contribution is -2.59. The zero-order valence-corrected chi connectivity index (χ0v) is 16.7. The molecule has 0 aliphatic carbocycles. The molecular formula is C24H26N2O3. The van der Waals surface area contributed by atoms with Gasteiger partial charge in [0.1, 0.15) is 6.04 Å². The number of terminal acetylenes is 1. The first-order valence-electron chi connectivity index (χ1n) is 9.79. The molecule has 2 aromatic carbocycles. The molecule has 0 saturated carbocycles. The summed E-state index contributed by atoms with van der Waals surface area (Å²) in [5, 5.41) is 0. The van der Waals surface area contributed by atoms with Crippen molar-refractivity contribution < 1.29 is 14.3 Å². The van der Waals surface area contributed by atoms with E-state index in [1.54, 1.807) is 4.90 Å². The number of hydrogen-bond acceptors (Lipinski definition) is 4. The van der Waals surface area contributed by atoms with E-state index in [-0.39, 0.29) is 5.91 Å². The maximum absolute atomic E-state index is 13.7. The summed E-state index contributed by atoms with van der Waals surface area (Å²) in [7, 11) is 1.36. The standard InChI is InChI=1S/C24H26N2O3/c1-3-4-15-25-16-17-26(21(18-25)24(28)29-2)23(27)22(19-11-7-5-8-12-19)20-13-9-6-10-14-20/h1,5-14,21-22H,4,15-18H2,2H3/t21-/m0/s1. The lowest BCUT2D eigenvalue weighted by Gasteiger charge is -2.41. The molecule has 0 bridgehead atoms. The average molecular weight is 390 g/mol. The highest BCUT2D eigenvalue weighted by Gasteiger charge is 2.39. The van der Waals surface area contributed by atoms with Crippen molar-refractivity contribution in [2.45, 2.75) is 18.4 Å². The van der Waals surface area contributed by atoms with E-state index in [9.17, 15) is 9.59 Å². The van der Waals surface area contributed by atoms with Gasteiger partial charge in [0.15, 0.2) is 0 Å². The van der Waals surface area contributed by atoms with Crippen LogP contribution in [-0.2, 0) is 14.3 Å². The van der Waals surface area contributed by atoms with Crippen molar-refractivity contribution in [1.29, 1.82) is 0 Å². The summed E-state index contributed by atoms with van der Waals surface area (Å²) in [6.07, 6.45) is 5.99. The molecular weight excluding hydrogens is 364 g/mol. The second kappa shape index (κ2) is 9.90. The molecule has 1 saturated heterocycles. The van der Waals surface area contributed by atoms with Crippen molar-refractivity contribution in [2.75, 3.05) is 33.3 Å². The molecule has 1 amide bonds. The summed E-state index contributed by atoms with van der Waals surface area (Å²) in [6, 6.07) is 18.7. The van der Waals surface area contributed by atoms with E-state index in [2.05, 4.69) is 10.8 Å². The summed E-state index contributed by atoms with van der Waals surface area (Å²) in [4.78, 5) is 30.0. The maximum atomic E-state index is 13.7. The van der Waals surface area contributed by atoms with Crippen LogP contribution in [0.4, 0.5) is 0 Å². The van der Waals surface area contributed by atoms with Crippen LogP contribution in [0.1, 0.15) is 23.5 Å². The Labute approximate surface area is 172 Å². The Morgan fingerprint density at radius 1 is 1.07 bits per heavy atom. The van der Waals surface area contributed by atoms with Crippen LogP contribution in [0, 0.1) is 12.3 Å². The van der Waals surface area contributed by atoms with Crippen molar-refractivity contribution in [3.63, 3.8) is 0 Å². The van der Waals surface area contributed by atoms with E-state index in [0.29, 0.717) is 32.6 Å². The molecule has 0 aromatic heterocycles. The molecule has 5 heteroatoms. The van der Waals surface area contributed by atoms with Gasteiger partial charge in [-0.2, -0.15) is 0 Å². The van der Waals surface area contributed by atoms with Gasteiger partial charge in [0, 0.05) is 32.6 Å². The number of carbonyl (C=O) groups is 2. The van der Waals surface area contributed by atoms with E-state index < -0.39 is 17.9 Å². The topological polar surface area (TPSA) is 49.9 Å². The number of hydrogen-bond donors (Lipinski definition) is 0. The van der Waals surface area contributed by atoms with Crippen LogP contribution in [0.15, 0.2) is 60.7 Å². The minimum absolute atomic E-state index is 0.0885. The van der Waals surface area contributed by atoms with E-state index in [1.807, 2.05) is 60.7 Å². The van der Waals surface area contributed by atoms with E-state index in [1.165, 1.54) is 7.11 Å². The lowest BCUT2D eigenvalue weighted by molar-refractivity contribution is -0.156. The minimum atomic E-state index is -0.644. The monoisotopic (exact) mass is 390 g/mol. The predicted octanol–water partition coefficient (Wildman–Crippen LogP) is 2.53. The number of rotatable bonds is 6. The molecule has 5 nitrogen and oxygen atoms in total. The molecule has 0 unspecified atom stereocenters. The summed E-state index contributed by atoms with van der Waals surface area (Å²) < 4.78 is 5.01. The molecule has 1 heterocycles. The third kappa shape index (κ3) is 4.85. The Balaban J connectivity index is 1.91. The van der Waals surface area contributed by atoms with E-state index in [4.69, 9.17) is 11.2 Å². The first-order valence-corrected chi connectivity index (χ1v) is 9.79. The number of piperazine rings is 1. The number of carbonyl (C=O) groups excluding carboxylic acids is 2. The second-order valence-corrected chi connectivity index (χ2v) is 7.08. The van der Waals surface area contributed by atoms with Gasteiger partial charge in [-0.15, -0.1) is 12.3 Å². The fourth-order valence-corrected chi connectivity index (χ4v) is 3.80. The van der Waals surface area contributed by atoms with Crippen LogP contribution in [0.25, 0.3) is 0 Å². The second-order valence-electron chi connectivity index (χ2n) is 7.08. The van der Waals surface area contributed by atoms with Gasteiger partial charge in [0.25, 0.3) is 0 Å². The maximum Gasteiger partial charge on any atom is 0.329 e. The van der Waals surface area contributed by atoms with Gasteiger partial charge in [0.2, 0.25) is 5.91 Å². The third-order valence-corrected chi connectivity index (χ3v) is 5.31. The van der Waals surface area contributed by atoms with Gasteiger partial charge in [-0.25, -0.2) is 4.79 Å². The molecule has 0 N–H and O–H groups in total. The van der Waals surface area contributed by atoms with Crippen LogP contribution >= 0.6 is 0 Å². The summed E-state index contributed by atoms with van der Waals surface area (Å²) >= 11 is 0. The van der Waals surface area contributed by atoms with Crippen LogP contribution in [0.5, 0.6) is 0 Å². The molecule has 3 rings (SSSR count). The molecule has 1 aliphatic heterocycles. The first-order chi connectivity index (χ1) is 14.2. The van der Waals surface area contributed by atoms with E-state index >= 15 is 0 Å². The Hall–Kier alpha value is -3.10. The van der Waals surface area contributed by atoms with Crippen molar-refractivity contribution in [2.24, 2.45) is 0 Å². The average Bonchev–Trinajstić information content (AvgIpc) is 2.78. The molecule has 1 fully saturated rings. The highest BCUT2D eigenvalue weighted by atomic mass is 16.5. The number of ether oxygens (including phenoxy) is 1. The SMILES string of the molecule is C#CCCN1CCN(C(=O)C(c2ccccc2)c2ccccc2)[C@H](C(=O)OC)C1. The van der Waals surface area contributed by atoms with Crippen LogP contribution in [-0.4, -0.2) is 61.0 Å². The van der Waals surface area contributed by atoms with Crippen molar-refractivity contribution >= 4 is 11.9 Å². The van der Waals surface area contributed by atoms with Crippen molar-refractivity contribution in [1.82, 2.24) is 9.80 Å². The largest absolute Gasteiger partial charge is 0.467 e. The molecule has 29 heavy (non-hydrogen) atoms. The van der Waals surface area contributed by atoms with Crippen molar-refractivity contribution in [3.05, 3.63) is 71.8 Å². The fourth-order valence-electron chi connectivity index (χ4n) is 3.80. The number of benzene rings is 2. The number of amides is 1. The van der Waals surface area contributed by atoms with Gasteiger partial charge < -0.3 is 9.64 Å². The van der Waals surface area contributed by atoms with E-state index in [0.717, 1.165) is 11.1 Å². The van der Waals surface area contributed by atoms with Gasteiger partial charge >= 0.3 is 5.97 Å². The molecule has 0 spiro atoms. The van der Waals surface area contributed by atoms with Gasteiger partial charge in [-0.3, -0.25) is 9.69 Å². The molecule has 2 aromatic rings. The normalized spacial score (nSPS) is 17.0. The fraction of sp³-hybridized carbons (Fsp3) is 0.333. The van der Waals surface area contributed by atoms with Gasteiger partial charge in [-0.05, 0) is 11.1 Å². The molecule has 1 aliphatic rings. The Morgan fingerprint density at radius 2 is 1.66 bits per heavy atom. The quantitative estimate of drug-likeness (QED) is 0.562. The molecule has 1 atom stereocenters. The van der Waals surface area contributed by atoms with Crippen LogP contribution in [0.3, 0.4) is 0 Å². The molecule has 0 radical (unpaired) electrons. The Bertz CT molecular complexity index is 821. The minimum Gasteiger partial charge on any atom is -0.467 e. The molecule has 150 valence electrons. The smallest absolute Gasteiger partial charge is 0.329 e. The Morgan fingerprint density at radius 3 is 2.17 bits per heavy atom. The number of methoxy groups -OCH3 is 1. The highest BCUT2D eigenvalue weighted by Crippen LogP contribution is 2.28. The first kappa shape index (κ1) is 20.6. The highest BCUT2D eigenvalue weighted by molar-refractivity contribution is 5.91. The zero-order valence-electron chi connectivity index (χ0n) is 16.7. The van der Waals surface area contributed by atoms with Gasteiger partial charge in [0.05, 0.1) is 13.0 Å². The van der Waals surface area contributed by atoms with Crippen LogP contribution in [0.2, 0.25) is 0 Å². The van der Waals surface area contributed by atoms with Gasteiger partial charge in [-0.1, -0.05) is 60.7 Å². The number of esters is 1. The lowest BCUT2D eigenvalue weighted by atomic mass is 9.89. The Kier molecular flexibility index (Phi) is 7.04.